The first-order valence-electron chi connectivity index (χ1n) is 16.7. The maximum atomic E-state index is 12.5. The van der Waals surface area contributed by atoms with Gasteiger partial charge in [-0.3, -0.25) is 14.4 Å². The van der Waals surface area contributed by atoms with Crippen molar-refractivity contribution in [1.29, 1.82) is 0 Å². The minimum absolute atomic E-state index is 0.139. The zero-order chi connectivity index (χ0) is 30.2. The summed E-state index contributed by atoms with van der Waals surface area (Å²) in [7, 11) is 0. The van der Waals surface area contributed by atoms with E-state index >= 15 is 0 Å². The number of hydrogen-bond acceptors (Lipinski definition) is 4. The Labute approximate surface area is 251 Å². The van der Waals surface area contributed by atoms with Gasteiger partial charge in [0.15, 0.2) is 0 Å². The lowest BCUT2D eigenvalue weighted by atomic mass is 10.0. The van der Waals surface area contributed by atoms with Crippen LogP contribution in [0.3, 0.4) is 0 Å². The molecule has 41 heavy (non-hydrogen) atoms. The molecule has 0 saturated carbocycles. The lowest BCUT2D eigenvalue weighted by Crippen LogP contribution is -2.28. The SMILES string of the molecule is CC/C=C\C/C=C\C(/C=C\CCCCCC(=O)NCC(=O)O)OC(=O)CCCCCCCCCCCCCCCC. The topological polar surface area (TPSA) is 92.7 Å². The quantitative estimate of drug-likeness (QED) is 0.0526. The molecule has 6 heteroatoms. The number of aliphatic carboxylic acids is 1. The van der Waals surface area contributed by atoms with Gasteiger partial charge in [-0.2, -0.15) is 0 Å². The number of allylic oxidation sites excluding steroid dienone is 4. The number of nitrogens with one attached hydrogen (secondary N) is 1. The van der Waals surface area contributed by atoms with Gasteiger partial charge in [-0.05, 0) is 50.7 Å². The largest absolute Gasteiger partial charge is 0.480 e. The Morgan fingerprint density at radius 1 is 0.659 bits per heavy atom. The monoisotopic (exact) mass is 575 g/mol. The lowest BCUT2D eigenvalue weighted by molar-refractivity contribution is -0.145. The van der Waals surface area contributed by atoms with E-state index in [9.17, 15) is 14.4 Å². The molecule has 0 aliphatic rings. The average Bonchev–Trinajstić information content (AvgIpc) is 2.95. The molecule has 1 amide bonds. The Hall–Kier alpha value is -2.37. The number of hydrogen-bond donors (Lipinski definition) is 2. The molecule has 0 saturated heterocycles. The lowest BCUT2D eigenvalue weighted by Gasteiger charge is -2.11. The maximum absolute atomic E-state index is 12.5. The molecule has 1 unspecified atom stereocenters. The van der Waals surface area contributed by atoms with Crippen LogP contribution in [-0.2, 0) is 19.1 Å². The van der Waals surface area contributed by atoms with E-state index in [-0.39, 0.29) is 24.5 Å². The van der Waals surface area contributed by atoms with Crippen molar-refractivity contribution in [3.8, 4) is 0 Å². The zero-order valence-corrected chi connectivity index (χ0v) is 26.4. The summed E-state index contributed by atoms with van der Waals surface area (Å²) >= 11 is 0. The molecule has 0 spiro atoms. The fourth-order valence-electron chi connectivity index (χ4n) is 4.59. The first kappa shape index (κ1) is 38.6. The Morgan fingerprint density at radius 3 is 1.78 bits per heavy atom. The van der Waals surface area contributed by atoms with Crippen LogP contribution < -0.4 is 5.32 Å². The summed E-state index contributed by atoms with van der Waals surface area (Å²) in [4.78, 5) is 34.5. The molecule has 0 aromatic heterocycles. The number of amides is 1. The summed E-state index contributed by atoms with van der Waals surface area (Å²) < 4.78 is 5.74. The highest BCUT2D eigenvalue weighted by Crippen LogP contribution is 2.14. The van der Waals surface area contributed by atoms with E-state index in [0.29, 0.717) is 12.8 Å². The molecule has 0 aliphatic heterocycles. The van der Waals surface area contributed by atoms with Gasteiger partial charge in [-0.15, -0.1) is 0 Å². The van der Waals surface area contributed by atoms with Gasteiger partial charge in [-0.25, -0.2) is 0 Å². The molecular weight excluding hydrogens is 514 g/mol. The second kappa shape index (κ2) is 30.6. The summed E-state index contributed by atoms with van der Waals surface area (Å²) in [5.41, 5.74) is 0. The average molecular weight is 576 g/mol. The molecule has 1 atom stereocenters. The van der Waals surface area contributed by atoms with Crippen molar-refractivity contribution >= 4 is 17.8 Å². The van der Waals surface area contributed by atoms with Crippen molar-refractivity contribution < 1.29 is 24.2 Å². The Balaban J connectivity index is 4.09. The van der Waals surface area contributed by atoms with E-state index in [1.807, 2.05) is 24.3 Å². The van der Waals surface area contributed by atoms with Gasteiger partial charge in [0.1, 0.15) is 12.6 Å². The summed E-state index contributed by atoms with van der Waals surface area (Å²) in [5, 5.41) is 11.0. The second-order valence-electron chi connectivity index (χ2n) is 11.0. The third-order valence-electron chi connectivity index (χ3n) is 7.04. The van der Waals surface area contributed by atoms with Gasteiger partial charge in [0.2, 0.25) is 5.91 Å². The number of carboxylic acids is 1. The predicted octanol–water partition coefficient (Wildman–Crippen LogP) is 9.39. The van der Waals surface area contributed by atoms with Gasteiger partial charge in [0.25, 0.3) is 0 Å². The highest BCUT2D eigenvalue weighted by molar-refractivity contribution is 5.80. The molecular formula is C35H61NO5. The summed E-state index contributed by atoms with van der Waals surface area (Å²) in [5.74, 6) is -1.40. The van der Waals surface area contributed by atoms with Crippen molar-refractivity contribution in [2.45, 2.75) is 161 Å². The van der Waals surface area contributed by atoms with Crippen LogP contribution >= 0.6 is 0 Å². The maximum Gasteiger partial charge on any atom is 0.322 e. The molecule has 0 aromatic rings. The van der Waals surface area contributed by atoms with Crippen molar-refractivity contribution in [3.05, 3.63) is 36.5 Å². The molecule has 0 radical (unpaired) electrons. The standard InChI is InChI=1S/C35H61NO5/c1-3-5-7-9-10-11-12-13-14-15-16-17-22-26-30-35(40)41-32(27-23-19-8-6-4-2)28-24-20-18-21-25-29-33(37)36-31-34(38)39/h6,8,23-24,27-28,32H,3-5,7,9-22,25-26,29-31H2,1-2H3,(H,36,37)(H,38,39)/b8-6-,27-23-,28-24-. The van der Waals surface area contributed by atoms with Crippen LogP contribution in [0.15, 0.2) is 36.5 Å². The second-order valence-corrected chi connectivity index (χ2v) is 11.0. The minimum Gasteiger partial charge on any atom is -0.480 e. The van der Waals surface area contributed by atoms with Gasteiger partial charge in [0, 0.05) is 12.8 Å². The molecule has 0 aliphatic carbocycles. The molecule has 0 bridgehead atoms. The summed E-state index contributed by atoms with van der Waals surface area (Å²) in [6.07, 6.45) is 36.0. The highest BCUT2D eigenvalue weighted by atomic mass is 16.5. The van der Waals surface area contributed by atoms with Crippen LogP contribution in [0.2, 0.25) is 0 Å². The predicted molar refractivity (Wildman–Crippen MR) is 171 cm³/mol. The van der Waals surface area contributed by atoms with Crippen LogP contribution in [0, 0.1) is 0 Å². The number of unbranched alkanes of at least 4 members (excludes halogenated alkanes) is 16. The number of carboxylic acid groups (broad SMARTS) is 1. The van der Waals surface area contributed by atoms with Gasteiger partial charge >= 0.3 is 11.9 Å². The van der Waals surface area contributed by atoms with Crippen molar-refractivity contribution in [1.82, 2.24) is 5.32 Å². The summed E-state index contributed by atoms with van der Waals surface area (Å²) in [6.45, 7) is 4.04. The fraction of sp³-hybridized carbons (Fsp3) is 0.743. The van der Waals surface area contributed by atoms with Crippen molar-refractivity contribution in [3.63, 3.8) is 0 Å². The fourth-order valence-corrected chi connectivity index (χ4v) is 4.59. The van der Waals surface area contributed by atoms with Crippen LogP contribution in [0.5, 0.6) is 0 Å². The van der Waals surface area contributed by atoms with E-state index < -0.39 is 5.97 Å². The molecule has 0 rings (SSSR count). The molecule has 0 heterocycles. The van der Waals surface area contributed by atoms with E-state index in [1.165, 1.54) is 77.0 Å². The number of esters is 1. The molecule has 0 fully saturated rings. The first-order valence-corrected chi connectivity index (χ1v) is 16.7. The van der Waals surface area contributed by atoms with Crippen molar-refractivity contribution in [2.24, 2.45) is 0 Å². The molecule has 236 valence electrons. The third kappa shape index (κ3) is 30.4. The number of carbonyl (C=O) groups is 3. The molecule has 6 nitrogen and oxygen atoms in total. The Morgan fingerprint density at radius 2 is 1.20 bits per heavy atom. The smallest absolute Gasteiger partial charge is 0.322 e. The number of ether oxygens (including phenoxy) is 1. The van der Waals surface area contributed by atoms with Crippen molar-refractivity contribution in [2.75, 3.05) is 6.54 Å². The number of rotatable bonds is 29. The van der Waals surface area contributed by atoms with E-state index in [2.05, 4.69) is 31.3 Å². The highest BCUT2D eigenvalue weighted by Gasteiger charge is 2.09. The normalized spacial score (nSPS) is 12.4. The zero-order valence-electron chi connectivity index (χ0n) is 26.4. The van der Waals surface area contributed by atoms with Crippen LogP contribution in [0.25, 0.3) is 0 Å². The van der Waals surface area contributed by atoms with Crippen LogP contribution in [0.4, 0.5) is 0 Å². The van der Waals surface area contributed by atoms with E-state index in [4.69, 9.17) is 9.84 Å². The molecule has 2 N–H and O–H groups in total. The first-order chi connectivity index (χ1) is 20.0. The Bertz CT molecular complexity index is 728. The summed E-state index contributed by atoms with van der Waals surface area (Å²) in [6, 6.07) is 0. The minimum atomic E-state index is -1.03. The van der Waals surface area contributed by atoms with Crippen LogP contribution in [0.1, 0.15) is 155 Å². The van der Waals surface area contributed by atoms with E-state index in [0.717, 1.165) is 51.4 Å². The van der Waals surface area contributed by atoms with Gasteiger partial charge < -0.3 is 15.2 Å². The Kier molecular flexibility index (Phi) is 28.8. The number of carbonyl (C=O) groups excluding carboxylic acids is 2. The third-order valence-corrected chi connectivity index (χ3v) is 7.04. The van der Waals surface area contributed by atoms with Gasteiger partial charge in [-0.1, -0.05) is 128 Å². The van der Waals surface area contributed by atoms with Crippen LogP contribution in [-0.4, -0.2) is 35.6 Å². The molecule has 0 aromatic carbocycles. The van der Waals surface area contributed by atoms with Gasteiger partial charge in [0.05, 0.1) is 0 Å². The van der Waals surface area contributed by atoms with E-state index in [1.54, 1.807) is 0 Å².